The number of amides is 1. The zero-order chi connectivity index (χ0) is 11.4. The van der Waals surface area contributed by atoms with Crippen LogP contribution in [0.4, 0.5) is 5.13 Å². The molecule has 1 amide bonds. The highest BCUT2D eigenvalue weighted by Crippen LogP contribution is 2.24. The molecule has 0 aliphatic carbocycles. The minimum atomic E-state index is -1.05. The Hall–Kier alpha value is -1.43. The number of anilines is 1. The quantitative estimate of drug-likeness (QED) is 0.822. The number of aromatic carboxylic acids is 1. The van der Waals surface area contributed by atoms with Crippen LogP contribution in [0, 0.1) is 0 Å². The molecule has 0 aliphatic heterocycles. The smallest absolute Gasteiger partial charge is 0.355 e. The van der Waals surface area contributed by atoms with Gasteiger partial charge in [0.05, 0.1) is 0 Å². The van der Waals surface area contributed by atoms with Gasteiger partial charge < -0.3 is 10.4 Å². The molecule has 0 aromatic carbocycles. The first-order valence-corrected chi connectivity index (χ1v) is 5.36. The fourth-order valence-corrected chi connectivity index (χ4v) is 2.22. The monoisotopic (exact) mass is 228 g/mol. The van der Waals surface area contributed by atoms with E-state index in [0.29, 0.717) is 16.4 Å². The van der Waals surface area contributed by atoms with E-state index in [1.54, 1.807) is 0 Å². The summed E-state index contributed by atoms with van der Waals surface area (Å²) in [6.07, 6.45) is 1.51. The molecular weight excluding hydrogens is 216 g/mol. The van der Waals surface area contributed by atoms with E-state index >= 15 is 0 Å². The number of carbonyl (C=O) groups excluding carboxylic acids is 1. The van der Waals surface area contributed by atoms with Gasteiger partial charge in [-0.05, 0) is 6.42 Å². The van der Waals surface area contributed by atoms with Gasteiger partial charge in [-0.2, -0.15) is 0 Å². The molecule has 0 aliphatic rings. The van der Waals surface area contributed by atoms with Crippen molar-refractivity contribution < 1.29 is 14.7 Å². The van der Waals surface area contributed by atoms with Crippen LogP contribution < -0.4 is 5.32 Å². The molecule has 0 saturated heterocycles. The molecule has 0 atom stereocenters. The molecule has 1 rings (SSSR count). The van der Waals surface area contributed by atoms with E-state index in [4.69, 9.17) is 5.11 Å². The number of aryl methyl sites for hydroxylation is 1. The Bertz CT molecular complexity index is 387. The SMILES string of the molecule is CCCc1sc(NC(C)=O)nc1C(=O)O. The van der Waals surface area contributed by atoms with Crippen LogP contribution in [0.2, 0.25) is 0 Å². The molecule has 6 heteroatoms. The summed E-state index contributed by atoms with van der Waals surface area (Å²) in [5, 5.41) is 11.7. The van der Waals surface area contributed by atoms with Crippen molar-refractivity contribution in [1.82, 2.24) is 4.98 Å². The lowest BCUT2D eigenvalue weighted by Gasteiger charge is -1.92. The standard InChI is InChI=1S/C9H12N2O3S/c1-3-4-6-7(8(13)14)11-9(15-6)10-5(2)12/h3-4H2,1-2H3,(H,13,14)(H,10,11,12). The Kier molecular flexibility index (Phi) is 3.79. The molecule has 1 aromatic rings. The Morgan fingerprint density at radius 3 is 2.67 bits per heavy atom. The second-order valence-electron chi connectivity index (χ2n) is 3.03. The predicted molar refractivity (Wildman–Crippen MR) is 57.4 cm³/mol. The first-order valence-electron chi connectivity index (χ1n) is 4.55. The third-order valence-electron chi connectivity index (χ3n) is 1.66. The molecule has 82 valence electrons. The van der Waals surface area contributed by atoms with E-state index in [2.05, 4.69) is 10.3 Å². The van der Waals surface area contributed by atoms with Crippen LogP contribution in [0.1, 0.15) is 35.6 Å². The highest BCUT2D eigenvalue weighted by molar-refractivity contribution is 7.16. The lowest BCUT2D eigenvalue weighted by atomic mass is 10.2. The summed E-state index contributed by atoms with van der Waals surface area (Å²) in [5.74, 6) is -1.30. The topological polar surface area (TPSA) is 79.3 Å². The summed E-state index contributed by atoms with van der Waals surface area (Å²) >= 11 is 1.22. The number of carboxylic acids is 1. The zero-order valence-corrected chi connectivity index (χ0v) is 9.35. The van der Waals surface area contributed by atoms with Gasteiger partial charge in [-0.15, -0.1) is 11.3 Å². The number of nitrogens with zero attached hydrogens (tertiary/aromatic N) is 1. The highest BCUT2D eigenvalue weighted by atomic mass is 32.1. The average Bonchev–Trinajstić information content (AvgIpc) is 2.47. The van der Waals surface area contributed by atoms with Gasteiger partial charge in [0.1, 0.15) is 0 Å². The van der Waals surface area contributed by atoms with Crippen LogP contribution in [0.3, 0.4) is 0 Å². The van der Waals surface area contributed by atoms with Crippen LogP contribution in [0.15, 0.2) is 0 Å². The summed E-state index contributed by atoms with van der Waals surface area (Å²) in [7, 11) is 0. The van der Waals surface area contributed by atoms with E-state index < -0.39 is 5.97 Å². The van der Waals surface area contributed by atoms with Crippen molar-refractivity contribution in [1.29, 1.82) is 0 Å². The number of carbonyl (C=O) groups is 2. The first-order chi connectivity index (χ1) is 7.04. The average molecular weight is 228 g/mol. The van der Waals surface area contributed by atoms with Crippen LogP contribution in [0.25, 0.3) is 0 Å². The summed E-state index contributed by atoms with van der Waals surface area (Å²) in [6.45, 7) is 3.32. The molecule has 2 N–H and O–H groups in total. The van der Waals surface area contributed by atoms with Gasteiger partial charge in [-0.3, -0.25) is 4.79 Å². The second-order valence-corrected chi connectivity index (χ2v) is 4.11. The number of hydrogen-bond donors (Lipinski definition) is 2. The molecule has 15 heavy (non-hydrogen) atoms. The van der Waals surface area contributed by atoms with Crippen LogP contribution in [-0.4, -0.2) is 22.0 Å². The maximum atomic E-state index is 10.8. The maximum Gasteiger partial charge on any atom is 0.355 e. The molecule has 0 fully saturated rings. The summed E-state index contributed by atoms with van der Waals surface area (Å²) < 4.78 is 0. The fraction of sp³-hybridized carbons (Fsp3) is 0.444. The third-order valence-corrected chi connectivity index (χ3v) is 2.69. The fourth-order valence-electron chi connectivity index (χ4n) is 1.12. The molecule has 1 heterocycles. The Labute approximate surface area is 91.1 Å². The van der Waals surface area contributed by atoms with Crippen molar-refractivity contribution in [3.05, 3.63) is 10.6 Å². The van der Waals surface area contributed by atoms with Gasteiger partial charge in [-0.25, -0.2) is 9.78 Å². The van der Waals surface area contributed by atoms with Gasteiger partial charge in [0.15, 0.2) is 10.8 Å². The maximum absolute atomic E-state index is 10.8. The summed E-state index contributed by atoms with van der Waals surface area (Å²) in [5.41, 5.74) is 0.0469. The van der Waals surface area contributed by atoms with Crippen LogP contribution in [0.5, 0.6) is 0 Å². The van der Waals surface area contributed by atoms with Gasteiger partial charge >= 0.3 is 5.97 Å². The number of thiazole rings is 1. The largest absolute Gasteiger partial charge is 0.476 e. The molecule has 5 nitrogen and oxygen atoms in total. The molecule has 0 radical (unpaired) electrons. The van der Waals surface area contributed by atoms with E-state index in [1.165, 1.54) is 18.3 Å². The van der Waals surface area contributed by atoms with Gasteiger partial charge in [0, 0.05) is 11.8 Å². The molecule has 1 aromatic heterocycles. The molecular formula is C9H12N2O3S. The Balaban J connectivity index is 2.97. The second kappa shape index (κ2) is 4.88. The van der Waals surface area contributed by atoms with Gasteiger partial charge in [-0.1, -0.05) is 13.3 Å². The molecule has 0 spiro atoms. The Morgan fingerprint density at radius 1 is 1.53 bits per heavy atom. The number of hydrogen-bond acceptors (Lipinski definition) is 4. The van der Waals surface area contributed by atoms with Crippen LogP contribution >= 0.6 is 11.3 Å². The molecule has 0 unspecified atom stereocenters. The number of carboxylic acid groups (broad SMARTS) is 1. The third kappa shape index (κ3) is 3.02. The highest BCUT2D eigenvalue weighted by Gasteiger charge is 2.16. The summed E-state index contributed by atoms with van der Waals surface area (Å²) in [4.78, 5) is 26.2. The van der Waals surface area contributed by atoms with Gasteiger partial charge in [0.2, 0.25) is 5.91 Å². The minimum Gasteiger partial charge on any atom is -0.476 e. The van der Waals surface area contributed by atoms with Crippen LogP contribution in [-0.2, 0) is 11.2 Å². The Morgan fingerprint density at radius 2 is 2.20 bits per heavy atom. The lowest BCUT2D eigenvalue weighted by Crippen LogP contribution is -2.06. The van der Waals surface area contributed by atoms with Crippen molar-refractivity contribution in [2.45, 2.75) is 26.7 Å². The number of rotatable bonds is 4. The van der Waals surface area contributed by atoms with Crippen molar-refractivity contribution in [3.8, 4) is 0 Å². The van der Waals surface area contributed by atoms with Crippen molar-refractivity contribution >= 4 is 28.3 Å². The van der Waals surface area contributed by atoms with Crippen molar-refractivity contribution in [2.24, 2.45) is 0 Å². The lowest BCUT2D eigenvalue weighted by molar-refractivity contribution is -0.114. The molecule has 0 bridgehead atoms. The predicted octanol–water partition coefficient (Wildman–Crippen LogP) is 1.75. The van der Waals surface area contributed by atoms with E-state index in [9.17, 15) is 9.59 Å². The van der Waals surface area contributed by atoms with E-state index in [1.807, 2.05) is 6.92 Å². The number of aromatic nitrogens is 1. The normalized spacial score (nSPS) is 10.0. The van der Waals surface area contributed by atoms with E-state index in [-0.39, 0.29) is 11.6 Å². The zero-order valence-electron chi connectivity index (χ0n) is 8.53. The first kappa shape index (κ1) is 11.6. The van der Waals surface area contributed by atoms with Crippen molar-refractivity contribution in [2.75, 3.05) is 5.32 Å². The van der Waals surface area contributed by atoms with E-state index in [0.717, 1.165) is 6.42 Å². The van der Waals surface area contributed by atoms with Crippen molar-refractivity contribution in [3.63, 3.8) is 0 Å². The minimum absolute atomic E-state index is 0.0469. The van der Waals surface area contributed by atoms with Gasteiger partial charge in [0.25, 0.3) is 0 Å². The molecule has 0 saturated carbocycles. The summed E-state index contributed by atoms with van der Waals surface area (Å²) in [6, 6.07) is 0. The number of nitrogens with one attached hydrogen (secondary N) is 1.